The summed E-state index contributed by atoms with van der Waals surface area (Å²) in [6.07, 6.45) is -1.21. The molecule has 0 unspecified atom stereocenters. The maximum absolute atomic E-state index is 13.5. The second-order valence-electron chi connectivity index (χ2n) is 11.7. The standard InChI is InChI=1S/C27H40N4O5/c1-17(2)29-10-12-30(13-11-29)19-8-6-18(7-9-19)25(34)28-20(14-27(3,4)5)26(35)31-15-21(32)24-23(31)22(33)16-36-24/h6-9,17,20-21,23-24,32H,10-16H2,1-5H3,(H,28,34)/t20-,21-,23+,24+/m0/s1. The number of Topliss-reactive ketones (excluding diaryl/α,β-unsaturated/α-hetero) is 1. The quantitative estimate of drug-likeness (QED) is 0.607. The van der Waals surface area contributed by atoms with Gasteiger partial charge in [0, 0.05) is 43.5 Å². The lowest BCUT2D eigenvalue weighted by Gasteiger charge is -2.38. The van der Waals surface area contributed by atoms with Crippen LogP contribution in [0.15, 0.2) is 24.3 Å². The molecule has 0 bridgehead atoms. The van der Waals surface area contributed by atoms with Gasteiger partial charge in [0.2, 0.25) is 5.91 Å². The highest BCUT2D eigenvalue weighted by Crippen LogP contribution is 2.30. The van der Waals surface area contributed by atoms with Crippen LogP contribution in [0.25, 0.3) is 0 Å². The van der Waals surface area contributed by atoms with Crippen LogP contribution in [0.5, 0.6) is 0 Å². The Morgan fingerprint density at radius 2 is 1.75 bits per heavy atom. The van der Waals surface area contributed by atoms with E-state index in [1.54, 1.807) is 12.1 Å². The summed E-state index contributed by atoms with van der Waals surface area (Å²) in [4.78, 5) is 45.2. The van der Waals surface area contributed by atoms with Crippen LogP contribution in [0.4, 0.5) is 5.69 Å². The fraction of sp³-hybridized carbons (Fsp3) is 0.667. The third-order valence-corrected chi connectivity index (χ3v) is 7.40. The van der Waals surface area contributed by atoms with Crippen LogP contribution in [-0.4, -0.2) is 102 Å². The van der Waals surface area contributed by atoms with E-state index in [-0.39, 0.29) is 36.2 Å². The molecule has 3 aliphatic heterocycles. The highest BCUT2D eigenvalue weighted by molar-refractivity contribution is 5.99. The number of carbonyl (C=O) groups excluding carboxylic acids is 3. The van der Waals surface area contributed by atoms with Gasteiger partial charge in [-0.05, 0) is 49.9 Å². The summed E-state index contributed by atoms with van der Waals surface area (Å²) in [5.74, 6) is -0.905. The summed E-state index contributed by atoms with van der Waals surface area (Å²) >= 11 is 0. The van der Waals surface area contributed by atoms with Gasteiger partial charge in [-0.2, -0.15) is 0 Å². The maximum Gasteiger partial charge on any atom is 0.251 e. The van der Waals surface area contributed by atoms with Crippen LogP contribution in [0, 0.1) is 5.41 Å². The number of ether oxygens (including phenoxy) is 1. The van der Waals surface area contributed by atoms with Crippen LogP contribution in [0.2, 0.25) is 0 Å². The number of benzene rings is 1. The number of carbonyl (C=O) groups is 3. The van der Waals surface area contributed by atoms with Crippen molar-refractivity contribution in [3.8, 4) is 0 Å². The molecule has 0 saturated carbocycles. The molecule has 3 saturated heterocycles. The van der Waals surface area contributed by atoms with Gasteiger partial charge in [0.1, 0.15) is 30.9 Å². The SMILES string of the molecule is CC(C)N1CCN(c2ccc(C(=O)N[C@@H](CC(C)(C)C)C(=O)N3C[C@H](O)[C@H]4OCC(=O)[C@H]43)cc2)CC1. The van der Waals surface area contributed by atoms with Crippen molar-refractivity contribution >= 4 is 23.3 Å². The molecule has 198 valence electrons. The normalized spacial score (nSPS) is 25.9. The van der Waals surface area contributed by atoms with E-state index in [9.17, 15) is 19.5 Å². The van der Waals surface area contributed by atoms with Gasteiger partial charge in [0.15, 0.2) is 5.78 Å². The van der Waals surface area contributed by atoms with Crippen LogP contribution in [-0.2, 0) is 14.3 Å². The van der Waals surface area contributed by atoms with Gasteiger partial charge in [-0.3, -0.25) is 19.3 Å². The number of rotatable bonds is 6. The van der Waals surface area contributed by atoms with Crippen molar-refractivity contribution in [2.45, 2.75) is 71.4 Å². The lowest BCUT2D eigenvalue weighted by molar-refractivity contribution is -0.138. The summed E-state index contributed by atoms with van der Waals surface area (Å²) in [5, 5.41) is 13.2. The van der Waals surface area contributed by atoms with Crippen molar-refractivity contribution in [1.82, 2.24) is 15.1 Å². The van der Waals surface area contributed by atoms with Crippen molar-refractivity contribution in [3.63, 3.8) is 0 Å². The van der Waals surface area contributed by atoms with Gasteiger partial charge in [-0.25, -0.2) is 0 Å². The zero-order valence-corrected chi connectivity index (χ0v) is 22.1. The monoisotopic (exact) mass is 500 g/mol. The molecule has 2 amide bonds. The van der Waals surface area contributed by atoms with Gasteiger partial charge in [0.05, 0.1) is 6.54 Å². The number of anilines is 1. The maximum atomic E-state index is 13.5. The van der Waals surface area contributed by atoms with Gasteiger partial charge in [-0.1, -0.05) is 20.8 Å². The number of ketones is 1. The van der Waals surface area contributed by atoms with E-state index < -0.39 is 24.3 Å². The number of nitrogens with one attached hydrogen (secondary N) is 1. The molecule has 9 heteroatoms. The van der Waals surface area contributed by atoms with Gasteiger partial charge in [0.25, 0.3) is 5.91 Å². The average Bonchev–Trinajstić information content (AvgIpc) is 3.37. The Balaban J connectivity index is 1.44. The summed E-state index contributed by atoms with van der Waals surface area (Å²) < 4.78 is 5.40. The third-order valence-electron chi connectivity index (χ3n) is 7.40. The van der Waals surface area contributed by atoms with Gasteiger partial charge in [-0.15, -0.1) is 0 Å². The molecule has 36 heavy (non-hydrogen) atoms. The molecule has 3 aliphatic rings. The predicted octanol–water partition coefficient (Wildman–Crippen LogP) is 1.29. The molecule has 1 aromatic carbocycles. The Kier molecular flexibility index (Phi) is 7.73. The van der Waals surface area contributed by atoms with E-state index >= 15 is 0 Å². The minimum atomic E-state index is -0.911. The largest absolute Gasteiger partial charge is 0.388 e. The first kappa shape index (κ1) is 26.6. The number of piperazine rings is 1. The Morgan fingerprint density at radius 1 is 1.11 bits per heavy atom. The second-order valence-corrected chi connectivity index (χ2v) is 11.7. The first-order valence-electron chi connectivity index (χ1n) is 13.0. The number of β-amino-alcohol motifs (C(OH)–C–C–N with tert-alkyl or cyclic N) is 1. The van der Waals surface area contributed by atoms with Crippen LogP contribution in [0.1, 0.15) is 51.4 Å². The molecule has 0 aliphatic carbocycles. The highest BCUT2D eigenvalue weighted by atomic mass is 16.5. The molecular formula is C27H40N4O5. The first-order valence-corrected chi connectivity index (χ1v) is 13.0. The van der Waals surface area contributed by atoms with Gasteiger partial charge < -0.3 is 25.0 Å². The Bertz CT molecular complexity index is 965. The minimum Gasteiger partial charge on any atom is -0.388 e. The highest BCUT2D eigenvalue weighted by Gasteiger charge is 2.53. The number of fused-ring (bicyclic) bond motifs is 1. The average molecular weight is 501 g/mol. The van der Waals surface area contributed by atoms with E-state index in [4.69, 9.17) is 4.74 Å². The smallest absolute Gasteiger partial charge is 0.251 e. The summed E-state index contributed by atoms with van der Waals surface area (Å²) in [6, 6.07) is 6.43. The number of hydrogen-bond donors (Lipinski definition) is 2. The summed E-state index contributed by atoms with van der Waals surface area (Å²) in [5.41, 5.74) is 1.31. The molecule has 3 heterocycles. The molecule has 3 fully saturated rings. The fourth-order valence-corrected chi connectivity index (χ4v) is 5.43. The predicted molar refractivity (Wildman–Crippen MR) is 137 cm³/mol. The molecule has 4 atom stereocenters. The zero-order valence-electron chi connectivity index (χ0n) is 22.1. The van der Waals surface area contributed by atoms with E-state index in [2.05, 4.69) is 29.0 Å². The summed E-state index contributed by atoms with van der Waals surface area (Å²) in [7, 11) is 0. The Morgan fingerprint density at radius 3 is 2.33 bits per heavy atom. The van der Waals surface area contributed by atoms with Crippen LogP contribution < -0.4 is 10.2 Å². The first-order chi connectivity index (χ1) is 16.9. The number of nitrogens with zero attached hydrogens (tertiary/aromatic N) is 3. The lowest BCUT2D eigenvalue weighted by atomic mass is 9.87. The fourth-order valence-electron chi connectivity index (χ4n) is 5.43. The molecular weight excluding hydrogens is 460 g/mol. The number of amides is 2. The van der Waals surface area contributed by atoms with Crippen LogP contribution in [0.3, 0.4) is 0 Å². The Hall–Kier alpha value is -2.49. The van der Waals surface area contributed by atoms with Crippen molar-refractivity contribution in [3.05, 3.63) is 29.8 Å². The van der Waals surface area contributed by atoms with Crippen molar-refractivity contribution < 1.29 is 24.2 Å². The second kappa shape index (κ2) is 10.5. The molecule has 2 N–H and O–H groups in total. The number of hydrogen-bond acceptors (Lipinski definition) is 7. The van der Waals surface area contributed by atoms with Crippen LogP contribution >= 0.6 is 0 Å². The lowest BCUT2D eigenvalue weighted by Crippen LogP contribution is -2.53. The molecule has 9 nitrogen and oxygen atoms in total. The van der Waals surface area contributed by atoms with Crippen molar-refractivity contribution in [1.29, 1.82) is 0 Å². The van der Waals surface area contributed by atoms with E-state index in [1.165, 1.54) is 4.90 Å². The van der Waals surface area contributed by atoms with Crippen molar-refractivity contribution in [2.24, 2.45) is 5.41 Å². The minimum absolute atomic E-state index is 0.0230. The summed E-state index contributed by atoms with van der Waals surface area (Å²) in [6.45, 7) is 14.2. The zero-order chi connectivity index (χ0) is 26.2. The van der Waals surface area contributed by atoms with Crippen molar-refractivity contribution in [2.75, 3.05) is 44.2 Å². The Labute approximate surface area is 213 Å². The van der Waals surface area contributed by atoms with E-state index in [0.717, 1.165) is 31.9 Å². The van der Waals surface area contributed by atoms with E-state index in [0.29, 0.717) is 18.0 Å². The molecule has 0 aromatic heterocycles. The number of aliphatic hydroxyl groups is 1. The molecule has 1 aromatic rings. The number of likely N-dealkylation sites (tertiary alicyclic amines) is 1. The third kappa shape index (κ3) is 5.74. The topological polar surface area (TPSA) is 102 Å². The number of aliphatic hydroxyl groups excluding tert-OH is 1. The molecule has 0 spiro atoms. The van der Waals surface area contributed by atoms with Gasteiger partial charge >= 0.3 is 0 Å². The molecule has 4 rings (SSSR count). The van der Waals surface area contributed by atoms with E-state index in [1.807, 2.05) is 32.9 Å². The molecule has 0 radical (unpaired) electrons.